The summed E-state index contributed by atoms with van der Waals surface area (Å²) in [6.07, 6.45) is 1.49. The first kappa shape index (κ1) is 13.5. The van der Waals surface area contributed by atoms with Gasteiger partial charge < -0.3 is 10.1 Å². The van der Waals surface area contributed by atoms with E-state index in [2.05, 4.69) is 15.4 Å². The lowest BCUT2D eigenvalue weighted by molar-refractivity contribution is 0.408. The van der Waals surface area contributed by atoms with Gasteiger partial charge in [-0.2, -0.15) is 4.98 Å². The molecule has 0 aliphatic rings. The molecule has 0 aliphatic carbocycles. The number of rotatable bonds is 5. The summed E-state index contributed by atoms with van der Waals surface area (Å²) >= 11 is 0. The molecule has 1 N–H and O–H groups in total. The maximum atomic E-state index is 13.9. The van der Waals surface area contributed by atoms with Crippen LogP contribution in [-0.2, 0) is 7.05 Å². The molecular formula is C13H17FN4O. The van der Waals surface area contributed by atoms with Crippen molar-refractivity contribution < 1.29 is 9.13 Å². The molecule has 1 unspecified atom stereocenters. The second-order valence-electron chi connectivity index (χ2n) is 4.27. The molecule has 1 heterocycles. The summed E-state index contributed by atoms with van der Waals surface area (Å²) < 4.78 is 20.7. The Morgan fingerprint density at radius 2 is 2.26 bits per heavy atom. The third-order valence-corrected chi connectivity index (χ3v) is 2.75. The van der Waals surface area contributed by atoms with Crippen LogP contribution in [0.3, 0.4) is 0 Å². The highest BCUT2D eigenvalue weighted by atomic mass is 19.1. The van der Waals surface area contributed by atoms with Crippen molar-refractivity contribution in [1.82, 2.24) is 20.1 Å². The Balaban J connectivity index is 2.15. The van der Waals surface area contributed by atoms with Crippen molar-refractivity contribution in [3.63, 3.8) is 0 Å². The molecule has 0 saturated carbocycles. The number of nitrogens with zero attached hydrogens (tertiary/aromatic N) is 3. The van der Waals surface area contributed by atoms with Gasteiger partial charge in [-0.1, -0.05) is 13.0 Å². The van der Waals surface area contributed by atoms with Crippen LogP contribution in [-0.4, -0.2) is 21.3 Å². The highest BCUT2D eigenvalue weighted by Crippen LogP contribution is 2.24. The van der Waals surface area contributed by atoms with E-state index < -0.39 is 5.82 Å². The normalized spacial score (nSPS) is 12.4. The van der Waals surface area contributed by atoms with Crippen LogP contribution < -0.4 is 10.1 Å². The van der Waals surface area contributed by atoms with Crippen LogP contribution in [0.4, 0.5) is 4.39 Å². The molecule has 1 aromatic heterocycles. The molecule has 0 amide bonds. The number of nitrogens with one attached hydrogen (secondary N) is 1. The van der Waals surface area contributed by atoms with Crippen LogP contribution in [0, 0.1) is 5.82 Å². The van der Waals surface area contributed by atoms with Crippen LogP contribution in [0.5, 0.6) is 11.8 Å². The second kappa shape index (κ2) is 5.79. The fraction of sp³-hybridized carbons (Fsp3) is 0.385. The van der Waals surface area contributed by atoms with E-state index in [1.165, 1.54) is 17.1 Å². The number of benzene rings is 1. The van der Waals surface area contributed by atoms with Gasteiger partial charge in [0.2, 0.25) is 0 Å². The minimum absolute atomic E-state index is 0.0986. The lowest BCUT2D eigenvalue weighted by atomic mass is 10.1. The molecule has 5 nitrogen and oxygen atoms in total. The molecule has 0 bridgehead atoms. The number of aromatic nitrogens is 3. The van der Waals surface area contributed by atoms with Gasteiger partial charge in [-0.15, -0.1) is 5.10 Å². The smallest absolute Gasteiger partial charge is 0.341 e. The van der Waals surface area contributed by atoms with E-state index in [1.807, 2.05) is 19.9 Å². The summed E-state index contributed by atoms with van der Waals surface area (Å²) in [7, 11) is 1.72. The topological polar surface area (TPSA) is 52.0 Å². The molecule has 19 heavy (non-hydrogen) atoms. The van der Waals surface area contributed by atoms with Crippen molar-refractivity contribution in [2.45, 2.75) is 19.9 Å². The zero-order chi connectivity index (χ0) is 13.8. The number of aryl methyl sites for hydroxylation is 1. The molecule has 0 radical (unpaired) electrons. The molecule has 6 heteroatoms. The molecular weight excluding hydrogens is 247 g/mol. The summed E-state index contributed by atoms with van der Waals surface area (Å²) in [5, 5.41) is 7.16. The van der Waals surface area contributed by atoms with Gasteiger partial charge >= 0.3 is 6.01 Å². The molecule has 0 saturated heterocycles. The van der Waals surface area contributed by atoms with Crippen LogP contribution in [0.25, 0.3) is 0 Å². The van der Waals surface area contributed by atoms with Gasteiger partial charge in [0, 0.05) is 13.1 Å². The van der Waals surface area contributed by atoms with Gasteiger partial charge in [0.25, 0.3) is 0 Å². The highest BCUT2D eigenvalue weighted by molar-refractivity contribution is 5.32. The number of hydrogen-bond donors (Lipinski definition) is 1. The third kappa shape index (κ3) is 3.29. The van der Waals surface area contributed by atoms with E-state index in [0.717, 1.165) is 12.1 Å². The van der Waals surface area contributed by atoms with Crippen molar-refractivity contribution in [3.8, 4) is 11.8 Å². The van der Waals surface area contributed by atoms with E-state index in [9.17, 15) is 4.39 Å². The van der Waals surface area contributed by atoms with Gasteiger partial charge in [-0.25, -0.2) is 4.39 Å². The van der Waals surface area contributed by atoms with Crippen LogP contribution in [0.2, 0.25) is 0 Å². The monoisotopic (exact) mass is 264 g/mol. The molecule has 102 valence electrons. The van der Waals surface area contributed by atoms with Crippen molar-refractivity contribution in [2.24, 2.45) is 7.05 Å². The fourth-order valence-electron chi connectivity index (χ4n) is 1.76. The molecule has 2 aromatic rings. The molecule has 1 aromatic carbocycles. The Kier molecular flexibility index (Phi) is 4.11. The van der Waals surface area contributed by atoms with Gasteiger partial charge in [0.1, 0.15) is 6.33 Å². The highest BCUT2D eigenvalue weighted by Gasteiger charge is 2.11. The zero-order valence-electron chi connectivity index (χ0n) is 11.2. The first-order valence-electron chi connectivity index (χ1n) is 6.16. The first-order valence-corrected chi connectivity index (χ1v) is 6.16. The van der Waals surface area contributed by atoms with Crippen LogP contribution in [0.15, 0.2) is 24.5 Å². The maximum Gasteiger partial charge on any atom is 0.341 e. The average Bonchev–Trinajstić information content (AvgIpc) is 2.78. The van der Waals surface area contributed by atoms with E-state index in [4.69, 9.17) is 4.74 Å². The summed E-state index contributed by atoms with van der Waals surface area (Å²) in [6.45, 7) is 4.83. The first-order chi connectivity index (χ1) is 9.10. The summed E-state index contributed by atoms with van der Waals surface area (Å²) in [4.78, 5) is 3.89. The van der Waals surface area contributed by atoms with E-state index in [1.54, 1.807) is 13.1 Å². The van der Waals surface area contributed by atoms with Gasteiger partial charge in [-0.3, -0.25) is 4.68 Å². The molecule has 2 rings (SSSR count). The average molecular weight is 264 g/mol. The number of halogens is 1. The minimum Gasteiger partial charge on any atom is -0.420 e. The fourth-order valence-corrected chi connectivity index (χ4v) is 1.76. The molecule has 0 aliphatic heterocycles. The lowest BCUT2D eigenvalue weighted by Gasteiger charge is -2.13. The minimum atomic E-state index is -0.422. The Hall–Kier alpha value is -1.95. The molecule has 0 spiro atoms. The van der Waals surface area contributed by atoms with E-state index >= 15 is 0 Å². The molecule has 0 fully saturated rings. The number of hydrogen-bond acceptors (Lipinski definition) is 4. The van der Waals surface area contributed by atoms with Crippen molar-refractivity contribution in [3.05, 3.63) is 35.9 Å². The molecule has 1 atom stereocenters. The predicted molar refractivity (Wildman–Crippen MR) is 69.6 cm³/mol. The summed E-state index contributed by atoms with van der Waals surface area (Å²) in [6, 6.07) is 5.12. The Morgan fingerprint density at radius 1 is 1.47 bits per heavy atom. The van der Waals surface area contributed by atoms with Crippen LogP contribution in [0.1, 0.15) is 25.5 Å². The van der Waals surface area contributed by atoms with Gasteiger partial charge in [0.15, 0.2) is 11.6 Å². The largest absolute Gasteiger partial charge is 0.420 e. The predicted octanol–water partition coefficient (Wildman–Crippen LogP) is 2.42. The quantitative estimate of drug-likeness (QED) is 0.901. The second-order valence-corrected chi connectivity index (χ2v) is 4.27. The Labute approximate surface area is 111 Å². The lowest BCUT2D eigenvalue weighted by Crippen LogP contribution is -2.17. The van der Waals surface area contributed by atoms with Gasteiger partial charge in [0.05, 0.1) is 0 Å². The van der Waals surface area contributed by atoms with Crippen molar-refractivity contribution >= 4 is 0 Å². The van der Waals surface area contributed by atoms with Gasteiger partial charge in [-0.05, 0) is 31.2 Å². The SMILES string of the molecule is CCNC(C)c1ccc(Oc2ncn(C)n2)c(F)c1. The third-order valence-electron chi connectivity index (χ3n) is 2.75. The van der Waals surface area contributed by atoms with Crippen molar-refractivity contribution in [1.29, 1.82) is 0 Å². The maximum absolute atomic E-state index is 13.9. The summed E-state index contributed by atoms with van der Waals surface area (Å²) in [5.41, 5.74) is 0.876. The van der Waals surface area contributed by atoms with E-state index in [-0.39, 0.29) is 17.8 Å². The van der Waals surface area contributed by atoms with Crippen molar-refractivity contribution in [2.75, 3.05) is 6.54 Å². The Morgan fingerprint density at radius 3 is 2.84 bits per heavy atom. The van der Waals surface area contributed by atoms with E-state index in [0.29, 0.717) is 0 Å². The summed E-state index contributed by atoms with van der Waals surface area (Å²) in [5.74, 6) is -0.298. The van der Waals surface area contributed by atoms with Crippen LogP contribution >= 0.6 is 0 Å². The Bertz CT molecular complexity index is 555. The number of ether oxygens (including phenoxy) is 1. The zero-order valence-corrected chi connectivity index (χ0v) is 11.2. The standard InChI is InChI=1S/C13H17FN4O/c1-4-15-9(2)10-5-6-12(11(14)7-10)19-13-16-8-18(3)17-13/h5-9,15H,4H2,1-3H3.